The lowest BCUT2D eigenvalue weighted by Gasteiger charge is -2.21. The molecule has 0 aromatic heterocycles. The summed E-state index contributed by atoms with van der Waals surface area (Å²) in [6, 6.07) is 10.2. The molecule has 2 unspecified atom stereocenters. The van der Waals surface area contributed by atoms with E-state index in [0.717, 1.165) is 18.4 Å². The zero-order chi connectivity index (χ0) is 13.9. The predicted molar refractivity (Wildman–Crippen MR) is 83.5 cm³/mol. The summed E-state index contributed by atoms with van der Waals surface area (Å²) in [5.41, 5.74) is 1.15. The quantitative estimate of drug-likeness (QED) is 0.366. The van der Waals surface area contributed by atoms with Crippen molar-refractivity contribution < 1.29 is 9.47 Å². The van der Waals surface area contributed by atoms with Crippen LogP contribution in [0.15, 0.2) is 42.5 Å². The van der Waals surface area contributed by atoms with Crippen LogP contribution in [0.25, 0.3) is 0 Å². The summed E-state index contributed by atoms with van der Waals surface area (Å²) in [4.78, 5) is 0. The van der Waals surface area contributed by atoms with Gasteiger partial charge in [0.25, 0.3) is 0 Å². The SMILES string of the molecule is CCC/C=C/C(OC(CBr)OCC)c1ccccc1. The van der Waals surface area contributed by atoms with E-state index >= 15 is 0 Å². The summed E-state index contributed by atoms with van der Waals surface area (Å²) in [6.45, 7) is 4.80. The van der Waals surface area contributed by atoms with Crippen molar-refractivity contribution in [1.82, 2.24) is 0 Å². The molecular weight excluding hydrogens is 304 g/mol. The maximum atomic E-state index is 6.02. The molecule has 2 atom stereocenters. The van der Waals surface area contributed by atoms with Gasteiger partial charge in [-0.15, -0.1) is 0 Å². The zero-order valence-corrected chi connectivity index (χ0v) is 13.3. The summed E-state index contributed by atoms with van der Waals surface area (Å²) < 4.78 is 11.6. The van der Waals surface area contributed by atoms with E-state index in [4.69, 9.17) is 9.47 Å². The molecule has 0 amide bonds. The Hall–Kier alpha value is -0.640. The lowest BCUT2D eigenvalue weighted by molar-refractivity contribution is -0.143. The third kappa shape index (κ3) is 6.37. The second-order valence-corrected chi connectivity index (χ2v) is 4.87. The van der Waals surface area contributed by atoms with Crippen LogP contribution in [0.4, 0.5) is 0 Å². The molecule has 1 aromatic carbocycles. The highest BCUT2D eigenvalue weighted by atomic mass is 79.9. The van der Waals surface area contributed by atoms with Gasteiger partial charge in [-0.05, 0) is 18.9 Å². The van der Waals surface area contributed by atoms with Crippen molar-refractivity contribution in [3.05, 3.63) is 48.0 Å². The van der Waals surface area contributed by atoms with Crippen molar-refractivity contribution in [1.29, 1.82) is 0 Å². The second kappa shape index (κ2) is 10.2. The van der Waals surface area contributed by atoms with Gasteiger partial charge in [0.2, 0.25) is 0 Å². The monoisotopic (exact) mass is 326 g/mol. The van der Waals surface area contributed by atoms with E-state index in [1.54, 1.807) is 0 Å². The average Bonchev–Trinajstić information content (AvgIpc) is 2.46. The molecule has 0 saturated carbocycles. The topological polar surface area (TPSA) is 18.5 Å². The molecule has 0 aliphatic carbocycles. The van der Waals surface area contributed by atoms with Crippen molar-refractivity contribution in [2.45, 2.75) is 39.1 Å². The van der Waals surface area contributed by atoms with Crippen LogP contribution in [-0.2, 0) is 9.47 Å². The normalized spacial score (nSPS) is 14.7. The van der Waals surface area contributed by atoms with Crippen molar-refractivity contribution in [2.24, 2.45) is 0 Å². The van der Waals surface area contributed by atoms with Gasteiger partial charge in [-0.1, -0.05) is 71.8 Å². The van der Waals surface area contributed by atoms with Crippen LogP contribution in [-0.4, -0.2) is 18.2 Å². The molecule has 0 radical (unpaired) electrons. The Morgan fingerprint density at radius 2 is 1.95 bits per heavy atom. The third-order valence-electron chi connectivity index (χ3n) is 2.67. The highest BCUT2D eigenvalue weighted by Crippen LogP contribution is 2.22. The minimum Gasteiger partial charge on any atom is -0.352 e. The second-order valence-electron chi connectivity index (χ2n) is 4.22. The van der Waals surface area contributed by atoms with Crippen LogP contribution < -0.4 is 0 Å². The van der Waals surface area contributed by atoms with Crippen LogP contribution in [0.5, 0.6) is 0 Å². The minimum atomic E-state index is -0.221. The van der Waals surface area contributed by atoms with Gasteiger partial charge in [0, 0.05) is 6.61 Å². The fraction of sp³-hybridized carbons (Fsp3) is 0.500. The highest BCUT2D eigenvalue weighted by molar-refractivity contribution is 9.09. The van der Waals surface area contributed by atoms with Crippen molar-refractivity contribution in [3.8, 4) is 0 Å². The molecule has 0 aliphatic rings. The smallest absolute Gasteiger partial charge is 0.168 e. The van der Waals surface area contributed by atoms with Gasteiger partial charge in [-0.3, -0.25) is 0 Å². The lowest BCUT2D eigenvalue weighted by atomic mass is 10.1. The molecule has 19 heavy (non-hydrogen) atoms. The van der Waals surface area contributed by atoms with Crippen LogP contribution >= 0.6 is 15.9 Å². The Bertz CT molecular complexity index is 351. The molecule has 106 valence electrons. The number of unbranched alkanes of at least 4 members (excludes halogenated alkanes) is 1. The van der Waals surface area contributed by atoms with Gasteiger partial charge in [-0.25, -0.2) is 0 Å². The molecular formula is C16H23BrO2. The van der Waals surface area contributed by atoms with Gasteiger partial charge in [0.15, 0.2) is 6.29 Å². The van der Waals surface area contributed by atoms with Crippen molar-refractivity contribution in [3.63, 3.8) is 0 Å². The van der Waals surface area contributed by atoms with E-state index < -0.39 is 0 Å². The first-order valence-corrected chi connectivity index (χ1v) is 7.98. The van der Waals surface area contributed by atoms with Crippen molar-refractivity contribution in [2.75, 3.05) is 11.9 Å². The molecule has 0 spiro atoms. The maximum absolute atomic E-state index is 6.02. The van der Waals surface area contributed by atoms with Crippen molar-refractivity contribution >= 4 is 15.9 Å². The number of alkyl halides is 1. The van der Waals surface area contributed by atoms with Crippen LogP contribution in [0.3, 0.4) is 0 Å². The number of allylic oxidation sites excluding steroid dienone is 1. The zero-order valence-electron chi connectivity index (χ0n) is 11.7. The fourth-order valence-electron chi connectivity index (χ4n) is 1.73. The summed E-state index contributed by atoms with van der Waals surface area (Å²) in [7, 11) is 0. The van der Waals surface area contributed by atoms with E-state index in [-0.39, 0.29) is 12.4 Å². The maximum Gasteiger partial charge on any atom is 0.168 e. The summed E-state index contributed by atoms with van der Waals surface area (Å²) in [6.07, 6.45) is 6.23. The Morgan fingerprint density at radius 1 is 1.21 bits per heavy atom. The van der Waals surface area contributed by atoms with E-state index in [0.29, 0.717) is 11.9 Å². The fourth-order valence-corrected chi connectivity index (χ4v) is 2.07. The van der Waals surface area contributed by atoms with Crippen LogP contribution in [0.2, 0.25) is 0 Å². The van der Waals surface area contributed by atoms with Crippen LogP contribution in [0.1, 0.15) is 38.4 Å². The summed E-state index contributed by atoms with van der Waals surface area (Å²) >= 11 is 3.43. The molecule has 0 heterocycles. The molecule has 2 nitrogen and oxygen atoms in total. The number of benzene rings is 1. The van der Waals surface area contributed by atoms with Gasteiger partial charge in [-0.2, -0.15) is 0 Å². The molecule has 1 rings (SSSR count). The predicted octanol–water partition coefficient (Wildman–Crippen LogP) is 4.86. The standard InChI is InChI=1S/C16H23BrO2/c1-3-5-7-12-15(14-10-8-6-9-11-14)19-16(13-17)18-4-2/h6-12,15-16H,3-5,13H2,1-2H3/b12-7+. The molecule has 0 fully saturated rings. The number of hydrogen-bond donors (Lipinski definition) is 0. The Labute approximate surface area is 124 Å². The Balaban J connectivity index is 2.74. The first-order valence-electron chi connectivity index (χ1n) is 6.86. The molecule has 0 N–H and O–H groups in total. The molecule has 0 bridgehead atoms. The average molecular weight is 327 g/mol. The number of halogens is 1. The van der Waals surface area contributed by atoms with Gasteiger partial charge >= 0.3 is 0 Å². The first kappa shape index (κ1) is 16.4. The molecule has 0 saturated heterocycles. The van der Waals surface area contributed by atoms with E-state index in [9.17, 15) is 0 Å². The van der Waals surface area contributed by atoms with Gasteiger partial charge in [0.05, 0.1) is 5.33 Å². The van der Waals surface area contributed by atoms with Gasteiger partial charge < -0.3 is 9.47 Å². The third-order valence-corrected chi connectivity index (χ3v) is 3.20. The summed E-state index contributed by atoms with van der Waals surface area (Å²) in [5, 5.41) is 0.672. The lowest BCUT2D eigenvalue weighted by Crippen LogP contribution is -2.21. The number of ether oxygens (including phenoxy) is 2. The van der Waals surface area contributed by atoms with E-state index in [1.165, 1.54) is 0 Å². The van der Waals surface area contributed by atoms with E-state index in [2.05, 4.69) is 47.1 Å². The largest absolute Gasteiger partial charge is 0.352 e. The van der Waals surface area contributed by atoms with E-state index in [1.807, 2.05) is 25.1 Å². The summed E-state index contributed by atoms with van der Waals surface area (Å²) in [5.74, 6) is 0. The highest BCUT2D eigenvalue weighted by Gasteiger charge is 2.15. The van der Waals surface area contributed by atoms with Crippen LogP contribution in [0, 0.1) is 0 Å². The minimum absolute atomic E-state index is 0.0538. The molecule has 0 aliphatic heterocycles. The Morgan fingerprint density at radius 3 is 2.53 bits per heavy atom. The first-order chi connectivity index (χ1) is 9.31. The Kier molecular flexibility index (Phi) is 8.80. The van der Waals surface area contributed by atoms with Gasteiger partial charge in [0.1, 0.15) is 6.10 Å². The number of rotatable bonds is 9. The number of hydrogen-bond acceptors (Lipinski definition) is 2. The molecule has 1 aromatic rings. The molecule has 3 heteroatoms.